The van der Waals surface area contributed by atoms with E-state index < -0.39 is 6.16 Å². The summed E-state index contributed by atoms with van der Waals surface area (Å²) < 4.78 is 20.2. The molecule has 168 valence electrons. The van der Waals surface area contributed by atoms with E-state index >= 15 is 0 Å². The van der Waals surface area contributed by atoms with Crippen LogP contribution in [0.15, 0.2) is 66.7 Å². The molecule has 3 aromatic carbocycles. The van der Waals surface area contributed by atoms with Crippen LogP contribution in [0.3, 0.4) is 0 Å². The molecule has 3 aromatic rings. The molecule has 0 fully saturated rings. The second-order valence-corrected chi connectivity index (χ2v) is 6.87. The zero-order valence-corrected chi connectivity index (χ0v) is 17.6. The van der Waals surface area contributed by atoms with Crippen LogP contribution in [0.2, 0.25) is 0 Å². The molecule has 2 amide bonds. The highest BCUT2D eigenvalue weighted by molar-refractivity contribution is 6.06. The van der Waals surface area contributed by atoms with Crippen LogP contribution in [0.5, 0.6) is 17.2 Å². The van der Waals surface area contributed by atoms with Gasteiger partial charge in [0, 0.05) is 22.5 Å². The number of ether oxygens (including phenoxy) is 4. The zero-order chi connectivity index (χ0) is 23.2. The Morgan fingerprint density at radius 2 is 1.45 bits per heavy atom. The minimum atomic E-state index is -0.811. The number of hydrogen-bond donors (Lipinski definition) is 2. The average Bonchev–Trinajstić information content (AvgIpc) is 3.28. The van der Waals surface area contributed by atoms with Crippen LogP contribution in [0.25, 0.3) is 0 Å². The third kappa shape index (κ3) is 5.40. The summed E-state index contributed by atoms with van der Waals surface area (Å²) >= 11 is 0. The SMILES string of the molecule is CCOC(=O)Oc1ccc(C(=O)Nc2cccc(NC(=O)c3ccc4c(c3)OCO4)c2)cc1. The summed E-state index contributed by atoms with van der Waals surface area (Å²) in [6.45, 7) is 2.01. The maximum Gasteiger partial charge on any atom is 0.513 e. The number of amides is 2. The Bertz CT molecular complexity index is 1190. The fourth-order valence-electron chi connectivity index (χ4n) is 3.04. The maximum absolute atomic E-state index is 12.6. The van der Waals surface area contributed by atoms with Gasteiger partial charge in [0.2, 0.25) is 6.79 Å². The summed E-state index contributed by atoms with van der Waals surface area (Å²) in [6, 6.07) is 17.7. The molecule has 0 saturated carbocycles. The fourth-order valence-corrected chi connectivity index (χ4v) is 3.04. The van der Waals surface area contributed by atoms with Crippen molar-refractivity contribution in [1.82, 2.24) is 0 Å². The summed E-state index contributed by atoms with van der Waals surface area (Å²) in [5.41, 5.74) is 1.78. The molecule has 0 aliphatic carbocycles. The Hall–Kier alpha value is -4.53. The maximum atomic E-state index is 12.6. The summed E-state index contributed by atoms with van der Waals surface area (Å²) in [5, 5.41) is 5.56. The molecular weight excluding hydrogens is 428 g/mol. The zero-order valence-electron chi connectivity index (χ0n) is 17.6. The van der Waals surface area contributed by atoms with Crippen molar-refractivity contribution in [3.05, 3.63) is 77.9 Å². The number of hydrogen-bond acceptors (Lipinski definition) is 7. The molecule has 1 aliphatic heterocycles. The van der Waals surface area contributed by atoms with Crippen LogP contribution in [-0.4, -0.2) is 31.4 Å². The van der Waals surface area contributed by atoms with Crippen LogP contribution in [0, 0.1) is 0 Å². The van der Waals surface area contributed by atoms with Crippen molar-refractivity contribution in [2.75, 3.05) is 24.0 Å². The first-order valence-corrected chi connectivity index (χ1v) is 10.1. The van der Waals surface area contributed by atoms with E-state index in [0.717, 1.165) is 0 Å². The molecule has 33 heavy (non-hydrogen) atoms. The second-order valence-electron chi connectivity index (χ2n) is 6.87. The minimum Gasteiger partial charge on any atom is -0.454 e. The van der Waals surface area contributed by atoms with Gasteiger partial charge < -0.3 is 29.6 Å². The van der Waals surface area contributed by atoms with E-state index in [9.17, 15) is 14.4 Å². The summed E-state index contributed by atoms with van der Waals surface area (Å²) in [5.74, 6) is 0.684. The minimum absolute atomic E-state index is 0.128. The lowest BCUT2D eigenvalue weighted by Crippen LogP contribution is -2.14. The van der Waals surface area contributed by atoms with E-state index in [-0.39, 0.29) is 31.0 Å². The summed E-state index contributed by atoms with van der Waals surface area (Å²) in [4.78, 5) is 36.5. The van der Waals surface area contributed by atoms with Gasteiger partial charge in [-0.1, -0.05) is 6.07 Å². The Morgan fingerprint density at radius 1 is 0.818 bits per heavy atom. The van der Waals surface area contributed by atoms with Gasteiger partial charge in [0.15, 0.2) is 11.5 Å². The van der Waals surface area contributed by atoms with Gasteiger partial charge in [-0.15, -0.1) is 0 Å². The molecular formula is C24H20N2O7. The van der Waals surface area contributed by atoms with Crippen molar-refractivity contribution in [1.29, 1.82) is 0 Å². The number of anilines is 2. The van der Waals surface area contributed by atoms with Gasteiger partial charge in [0.1, 0.15) is 5.75 Å². The lowest BCUT2D eigenvalue weighted by Gasteiger charge is -2.10. The first kappa shape index (κ1) is 21.7. The summed E-state index contributed by atoms with van der Waals surface area (Å²) in [6.07, 6.45) is -0.811. The molecule has 0 atom stereocenters. The summed E-state index contributed by atoms with van der Waals surface area (Å²) in [7, 11) is 0. The van der Waals surface area contributed by atoms with Crippen LogP contribution in [0.4, 0.5) is 16.2 Å². The number of carbonyl (C=O) groups excluding carboxylic acids is 3. The Kier molecular flexibility index (Phi) is 6.40. The Labute approximate surface area is 189 Å². The number of carbonyl (C=O) groups is 3. The number of nitrogens with one attached hydrogen (secondary N) is 2. The Balaban J connectivity index is 1.38. The Morgan fingerprint density at radius 3 is 2.15 bits per heavy atom. The van der Waals surface area contributed by atoms with E-state index in [1.54, 1.807) is 49.4 Å². The molecule has 9 nitrogen and oxygen atoms in total. The normalized spacial score (nSPS) is 11.4. The van der Waals surface area contributed by atoms with E-state index in [0.29, 0.717) is 34.0 Å². The number of rotatable bonds is 6. The molecule has 9 heteroatoms. The van der Waals surface area contributed by atoms with Gasteiger partial charge in [-0.3, -0.25) is 9.59 Å². The monoisotopic (exact) mass is 448 g/mol. The highest BCUT2D eigenvalue weighted by atomic mass is 16.7. The van der Waals surface area contributed by atoms with Gasteiger partial charge in [0.05, 0.1) is 6.61 Å². The van der Waals surface area contributed by atoms with E-state index in [1.165, 1.54) is 24.3 Å². The van der Waals surface area contributed by atoms with Gasteiger partial charge in [-0.2, -0.15) is 0 Å². The third-order valence-corrected chi connectivity index (χ3v) is 4.59. The third-order valence-electron chi connectivity index (χ3n) is 4.59. The smallest absolute Gasteiger partial charge is 0.454 e. The van der Waals surface area contributed by atoms with Crippen LogP contribution in [0.1, 0.15) is 27.6 Å². The van der Waals surface area contributed by atoms with E-state index in [1.807, 2.05) is 0 Å². The number of benzene rings is 3. The topological polar surface area (TPSA) is 112 Å². The van der Waals surface area contributed by atoms with Crippen LogP contribution < -0.4 is 24.8 Å². The number of fused-ring (bicyclic) bond motifs is 1. The molecule has 2 N–H and O–H groups in total. The van der Waals surface area contributed by atoms with Crippen molar-refractivity contribution >= 4 is 29.3 Å². The van der Waals surface area contributed by atoms with Crippen molar-refractivity contribution in [2.24, 2.45) is 0 Å². The predicted octanol–water partition coefficient (Wildman–Crippen LogP) is 4.46. The molecule has 0 saturated heterocycles. The van der Waals surface area contributed by atoms with E-state index in [2.05, 4.69) is 10.6 Å². The molecule has 1 heterocycles. The largest absolute Gasteiger partial charge is 0.513 e. The molecule has 0 spiro atoms. The molecule has 4 rings (SSSR count). The quantitative estimate of drug-likeness (QED) is 0.423. The van der Waals surface area contributed by atoms with Crippen LogP contribution in [-0.2, 0) is 4.74 Å². The van der Waals surface area contributed by atoms with Crippen molar-refractivity contribution in [3.63, 3.8) is 0 Å². The standard InChI is InChI=1S/C24H20N2O7/c1-2-30-24(29)33-19-9-6-15(7-10-19)22(27)25-17-4-3-5-18(13-17)26-23(28)16-8-11-20-21(12-16)32-14-31-20/h3-13H,2,14H2,1H3,(H,25,27)(H,26,28). The highest BCUT2D eigenvalue weighted by Gasteiger charge is 2.16. The van der Waals surface area contributed by atoms with Crippen molar-refractivity contribution < 1.29 is 33.3 Å². The lowest BCUT2D eigenvalue weighted by atomic mass is 10.1. The molecule has 0 unspecified atom stereocenters. The average molecular weight is 448 g/mol. The van der Waals surface area contributed by atoms with Crippen molar-refractivity contribution in [2.45, 2.75) is 6.92 Å². The molecule has 1 aliphatic rings. The van der Waals surface area contributed by atoms with Gasteiger partial charge in [0.25, 0.3) is 11.8 Å². The van der Waals surface area contributed by atoms with Gasteiger partial charge in [-0.05, 0) is 67.6 Å². The lowest BCUT2D eigenvalue weighted by molar-refractivity contribution is 0.101. The first-order chi connectivity index (χ1) is 16.0. The van der Waals surface area contributed by atoms with Crippen molar-refractivity contribution in [3.8, 4) is 17.2 Å². The molecule has 0 radical (unpaired) electrons. The van der Waals surface area contributed by atoms with E-state index in [4.69, 9.17) is 18.9 Å². The first-order valence-electron chi connectivity index (χ1n) is 10.1. The fraction of sp³-hybridized carbons (Fsp3) is 0.125. The second kappa shape index (κ2) is 9.73. The highest BCUT2D eigenvalue weighted by Crippen LogP contribution is 2.32. The molecule has 0 bridgehead atoms. The van der Waals surface area contributed by atoms with Gasteiger partial charge >= 0.3 is 6.16 Å². The molecule has 0 aromatic heterocycles. The van der Waals surface area contributed by atoms with Crippen LogP contribution >= 0.6 is 0 Å². The predicted molar refractivity (Wildman–Crippen MR) is 119 cm³/mol. The van der Waals surface area contributed by atoms with Gasteiger partial charge in [-0.25, -0.2) is 4.79 Å².